The summed E-state index contributed by atoms with van der Waals surface area (Å²) in [5.41, 5.74) is -0.446. The molecule has 1 saturated heterocycles. The van der Waals surface area contributed by atoms with Crippen molar-refractivity contribution in [1.82, 2.24) is 0 Å². The lowest BCUT2D eigenvalue weighted by atomic mass is 10.0. The third kappa shape index (κ3) is 3.76. The Labute approximate surface area is 173 Å². The van der Waals surface area contributed by atoms with Gasteiger partial charge in [-0.2, -0.15) is 0 Å². The second-order valence-corrected chi connectivity index (χ2v) is 6.98. The molecular weight excluding hydrogens is 416 g/mol. The zero-order chi connectivity index (χ0) is 22.4. The molecule has 11 heteroatoms. The summed E-state index contributed by atoms with van der Waals surface area (Å²) in [6.07, 6.45) is -8.66. The molecule has 2 aromatic carbocycles. The number of hydrogen-bond acceptors (Lipinski definition) is 11. The molecule has 1 aromatic heterocycles. The Balaban J connectivity index is 1.73. The van der Waals surface area contributed by atoms with Crippen LogP contribution in [-0.2, 0) is 4.74 Å². The summed E-state index contributed by atoms with van der Waals surface area (Å²) in [5.74, 6) is -1.41. The van der Waals surface area contributed by atoms with Crippen LogP contribution in [0.4, 0.5) is 0 Å². The number of benzene rings is 2. The number of ether oxygens (including phenoxy) is 2. The maximum absolute atomic E-state index is 12.5. The molecule has 0 spiro atoms. The van der Waals surface area contributed by atoms with Crippen molar-refractivity contribution in [2.75, 3.05) is 0 Å². The lowest BCUT2D eigenvalue weighted by Crippen LogP contribution is -2.59. The van der Waals surface area contributed by atoms with Crippen molar-refractivity contribution >= 4 is 11.0 Å². The van der Waals surface area contributed by atoms with Crippen molar-refractivity contribution < 1.29 is 49.6 Å². The molecule has 164 valence electrons. The quantitative estimate of drug-likeness (QED) is 0.268. The predicted octanol–water partition coefficient (Wildman–Crippen LogP) is -0.287. The van der Waals surface area contributed by atoms with Crippen molar-refractivity contribution in [2.45, 2.75) is 30.9 Å². The van der Waals surface area contributed by atoms with E-state index < -0.39 is 47.8 Å². The van der Waals surface area contributed by atoms with Gasteiger partial charge in [-0.25, -0.2) is 0 Å². The van der Waals surface area contributed by atoms with Crippen LogP contribution < -0.4 is 10.2 Å². The number of phenols is 3. The molecule has 1 fully saturated rings. The summed E-state index contributed by atoms with van der Waals surface area (Å²) in [7, 11) is 0. The minimum Gasteiger partial charge on any atom is -0.507 e. The van der Waals surface area contributed by atoms with Gasteiger partial charge in [0.15, 0.2) is 23.2 Å². The zero-order valence-corrected chi connectivity index (χ0v) is 15.6. The molecule has 0 bridgehead atoms. The summed E-state index contributed by atoms with van der Waals surface area (Å²) < 4.78 is 15.9. The number of rotatable bonds is 3. The standard InChI is InChI=1S/C20H18O11/c21-9-2-1-7(3-10(9)22)13-6-12(24)15-11(23)4-8(5-14(15)30-13)29-20-18(27)16(25)17(26)19(28)31-20/h1-6,16-23,25-28H/t16-,17-,18+,19+,20-/m0/s1. The minimum atomic E-state index is -1.83. The van der Waals surface area contributed by atoms with Crippen molar-refractivity contribution in [3.63, 3.8) is 0 Å². The van der Waals surface area contributed by atoms with Crippen LogP contribution in [0.15, 0.2) is 45.6 Å². The van der Waals surface area contributed by atoms with Gasteiger partial charge in [0, 0.05) is 23.8 Å². The lowest BCUT2D eigenvalue weighted by Gasteiger charge is -2.37. The van der Waals surface area contributed by atoms with E-state index in [1.165, 1.54) is 24.3 Å². The van der Waals surface area contributed by atoms with Gasteiger partial charge in [-0.05, 0) is 18.2 Å². The van der Waals surface area contributed by atoms with E-state index in [0.717, 1.165) is 12.1 Å². The molecule has 0 radical (unpaired) electrons. The van der Waals surface area contributed by atoms with Gasteiger partial charge in [0.2, 0.25) is 6.29 Å². The highest BCUT2D eigenvalue weighted by Crippen LogP contribution is 2.35. The average molecular weight is 434 g/mol. The third-order valence-electron chi connectivity index (χ3n) is 4.84. The Morgan fingerprint density at radius 2 is 1.55 bits per heavy atom. The van der Waals surface area contributed by atoms with Crippen LogP contribution in [0.3, 0.4) is 0 Å². The lowest BCUT2D eigenvalue weighted by molar-refractivity contribution is -0.321. The number of phenolic OH excluding ortho intramolecular Hbond substituents is 3. The first-order chi connectivity index (χ1) is 14.7. The fourth-order valence-corrected chi connectivity index (χ4v) is 3.19. The largest absolute Gasteiger partial charge is 0.507 e. The molecular formula is C20H18O11. The fraction of sp³-hybridized carbons (Fsp3) is 0.250. The monoisotopic (exact) mass is 434 g/mol. The smallest absolute Gasteiger partial charge is 0.231 e. The number of aliphatic hydroxyl groups is 4. The first-order valence-corrected chi connectivity index (χ1v) is 9.03. The van der Waals surface area contributed by atoms with Crippen LogP contribution in [0.2, 0.25) is 0 Å². The molecule has 31 heavy (non-hydrogen) atoms. The highest BCUT2D eigenvalue weighted by atomic mass is 16.7. The minimum absolute atomic E-state index is 0.0206. The molecule has 7 N–H and O–H groups in total. The Hall–Kier alpha value is -3.35. The maximum atomic E-state index is 12.5. The summed E-state index contributed by atoms with van der Waals surface area (Å²) in [6.45, 7) is 0. The van der Waals surface area contributed by atoms with Gasteiger partial charge in [0.25, 0.3) is 0 Å². The zero-order valence-electron chi connectivity index (χ0n) is 15.6. The Bertz CT molecular complexity index is 1190. The van der Waals surface area contributed by atoms with Gasteiger partial charge in [-0.3, -0.25) is 4.79 Å². The molecule has 0 unspecified atom stereocenters. The van der Waals surface area contributed by atoms with E-state index in [0.29, 0.717) is 0 Å². The predicted molar refractivity (Wildman–Crippen MR) is 102 cm³/mol. The maximum Gasteiger partial charge on any atom is 0.231 e. The number of aromatic hydroxyl groups is 3. The Morgan fingerprint density at radius 1 is 0.806 bits per heavy atom. The van der Waals surface area contributed by atoms with E-state index >= 15 is 0 Å². The van der Waals surface area contributed by atoms with E-state index in [2.05, 4.69) is 0 Å². The molecule has 0 amide bonds. The van der Waals surface area contributed by atoms with Gasteiger partial charge >= 0.3 is 0 Å². The van der Waals surface area contributed by atoms with Crippen LogP contribution in [-0.4, -0.2) is 66.6 Å². The molecule has 2 heterocycles. The summed E-state index contributed by atoms with van der Waals surface area (Å²) >= 11 is 0. The SMILES string of the molecule is O=c1cc(-c2ccc(O)c(O)c2)oc2cc(O[C@H]3O[C@@H](O)[C@@H](O)[C@H](O)[C@H]3O)cc(O)c12. The second-order valence-electron chi connectivity index (χ2n) is 6.98. The van der Waals surface area contributed by atoms with E-state index in [1.54, 1.807) is 0 Å². The van der Waals surface area contributed by atoms with E-state index in [1.807, 2.05) is 0 Å². The number of aliphatic hydroxyl groups excluding tert-OH is 4. The fourth-order valence-electron chi connectivity index (χ4n) is 3.19. The van der Waals surface area contributed by atoms with Crippen LogP contribution in [0, 0.1) is 0 Å². The van der Waals surface area contributed by atoms with Gasteiger partial charge in [-0.15, -0.1) is 0 Å². The molecule has 11 nitrogen and oxygen atoms in total. The first kappa shape index (κ1) is 20.9. The van der Waals surface area contributed by atoms with Crippen LogP contribution in [0.1, 0.15) is 0 Å². The summed E-state index contributed by atoms with van der Waals surface area (Å²) in [4.78, 5) is 12.5. The molecule has 3 aromatic rings. The molecule has 4 rings (SSSR count). The summed E-state index contributed by atoms with van der Waals surface area (Å²) in [5, 5.41) is 68.1. The van der Waals surface area contributed by atoms with Gasteiger partial charge in [0.05, 0.1) is 0 Å². The van der Waals surface area contributed by atoms with Crippen molar-refractivity contribution in [1.29, 1.82) is 0 Å². The molecule has 1 aliphatic rings. The Kier molecular flexibility index (Phi) is 5.21. The number of hydrogen-bond donors (Lipinski definition) is 7. The molecule has 1 aliphatic heterocycles. The van der Waals surface area contributed by atoms with Crippen LogP contribution in [0.5, 0.6) is 23.0 Å². The van der Waals surface area contributed by atoms with Crippen molar-refractivity contribution in [2.24, 2.45) is 0 Å². The molecule has 5 atom stereocenters. The van der Waals surface area contributed by atoms with E-state index in [4.69, 9.17) is 13.9 Å². The van der Waals surface area contributed by atoms with Gasteiger partial charge in [0.1, 0.15) is 46.5 Å². The number of fused-ring (bicyclic) bond motifs is 1. The van der Waals surface area contributed by atoms with E-state index in [9.17, 15) is 40.5 Å². The van der Waals surface area contributed by atoms with Crippen molar-refractivity contribution in [3.8, 4) is 34.3 Å². The second kappa shape index (κ2) is 7.72. The highest BCUT2D eigenvalue weighted by Gasteiger charge is 2.44. The van der Waals surface area contributed by atoms with Crippen LogP contribution in [0.25, 0.3) is 22.3 Å². The first-order valence-electron chi connectivity index (χ1n) is 9.03. The van der Waals surface area contributed by atoms with Gasteiger partial charge < -0.3 is 49.6 Å². The topological polar surface area (TPSA) is 190 Å². The molecule has 0 saturated carbocycles. The third-order valence-corrected chi connectivity index (χ3v) is 4.84. The highest BCUT2D eigenvalue weighted by molar-refractivity contribution is 5.86. The average Bonchev–Trinajstić information content (AvgIpc) is 2.71. The molecule has 0 aliphatic carbocycles. The van der Waals surface area contributed by atoms with Crippen LogP contribution >= 0.6 is 0 Å². The normalized spacial score (nSPS) is 26.1. The Morgan fingerprint density at radius 3 is 2.26 bits per heavy atom. The van der Waals surface area contributed by atoms with Crippen molar-refractivity contribution in [3.05, 3.63) is 46.6 Å². The van der Waals surface area contributed by atoms with E-state index in [-0.39, 0.29) is 33.8 Å². The van der Waals surface area contributed by atoms with Gasteiger partial charge in [-0.1, -0.05) is 0 Å². The summed E-state index contributed by atoms with van der Waals surface area (Å²) in [6, 6.07) is 7.14.